The van der Waals surface area contributed by atoms with Gasteiger partial charge in [0.15, 0.2) is 0 Å². The molecular weight excluding hydrogens is 324 g/mol. The fraction of sp³-hybridized carbons (Fsp3) is 0.389. The van der Waals surface area contributed by atoms with Crippen LogP contribution in [0, 0.1) is 0 Å². The number of amides is 1. The molecule has 1 fully saturated rings. The van der Waals surface area contributed by atoms with Crippen LogP contribution in [0.15, 0.2) is 36.5 Å². The molecule has 1 aromatic heterocycles. The van der Waals surface area contributed by atoms with Crippen LogP contribution in [0.5, 0.6) is 0 Å². The van der Waals surface area contributed by atoms with Crippen LogP contribution in [-0.4, -0.2) is 29.0 Å². The topological polar surface area (TPSA) is 58.1 Å². The molecule has 6 heteroatoms. The summed E-state index contributed by atoms with van der Waals surface area (Å²) in [6, 6.07) is 9.06. The van der Waals surface area contributed by atoms with E-state index in [1.807, 2.05) is 24.3 Å². The number of rotatable bonds is 4. The zero-order valence-electron chi connectivity index (χ0n) is 13.5. The molecule has 2 aromatic rings. The predicted molar refractivity (Wildman–Crippen MR) is 95.3 cm³/mol. The zero-order valence-corrected chi connectivity index (χ0v) is 14.3. The van der Waals surface area contributed by atoms with Crippen LogP contribution < -0.4 is 10.2 Å². The van der Waals surface area contributed by atoms with Crippen LogP contribution in [0.2, 0.25) is 5.02 Å². The molecule has 0 radical (unpaired) electrons. The Balaban J connectivity index is 1.64. The predicted octanol–water partition coefficient (Wildman–Crippen LogP) is 3.44. The molecule has 0 spiro atoms. The molecule has 3 rings (SSSR count). The van der Waals surface area contributed by atoms with E-state index in [0.29, 0.717) is 23.2 Å². The first-order valence-corrected chi connectivity index (χ1v) is 8.71. The second-order valence-electron chi connectivity index (χ2n) is 5.95. The Bertz CT molecular complexity index is 682. The quantitative estimate of drug-likeness (QED) is 0.923. The Morgan fingerprint density at radius 2 is 1.79 bits per heavy atom. The van der Waals surface area contributed by atoms with Crippen molar-refractivity contribution in [3.05, 3.63) is 52.8 Å². The van der Waals surface area contributed by atoms with E-state index >= 15 is 0 Å². The van der Waals surface area contributed by atoms with Crippen molar-refractivity contribution in [2.24, 2.45) is 0 Å². The molecule has 1 N–H and O–H groups in total. The molecule has 126 valence electrons. The highest BCUT2D eigenvalue weighted by atomic mass is 35.5. The minimum Gasteiger partial charge on any atom is -0.347 e. The van der Waals surface area contributed by atoms with Gasteiger partial charge >= 0.3 is 0 Å². The zero-order chi connectivity index (χ0) is 16.8. The molecule has 0 atom stereocenters. The summed E-state index contributed by atoms with van der Waals surface area (Å²) in [5, 5.41) is 3.57. The van der Waals surface area contributed by atoms with E-state index in [0.717, 1.165) is 31.5 Å². The van der Waals surface area contributed by atoms with Crippen molar-refractivity contribution in [3.63, 3.8) is 0 Å². The maximum Gasteiger partial charge on any atom is 0.270 e. The van der Waals surface area contributed by atoms with Crippen LogP contribution in [0.25, 0.3) is 0 Å². The van der Waals surface area contributed by atoms with E-state index in [9.17, 15) is 4.79 Å². The van der Waals surface area contributed by atoms with E-state index in [4.69, 9.17) is 11.6 Å². The molecular formula is C18H21ClN4O. The number of aromatic nitrogens is 2. The standard InChI is InChI=1S/C18H21ClN4O/c19-15-7-5-14(6-8-15)13-21-17(24)16-9-10-20-18(22-16)23-11-3-1-2-4-12-23/h5-10H,1-4,11-13H2,(H,21,24). The van der Waals surface area contributed by atoms with Crippen LogP contribution in [0.1, 0.15) is 41.7 Å². The van der Waals surface area contributed by atoms with E-state index in [2.05, 4.69) is 20.2 Å². The van der Waals surface area contributed by atoms with Gasteiger partial charge in [-0.1, -0.05) is 36.6 Å². The van der Waals surface area contributed by atoms with E-state index in [1.54, 1.807) is 12.3 Å². The van der Waals surface area contributed by atoms with Gasteiger partial charge in [-0.05, 0) is 36.6 Å². The summed E-state index contributed by atoms with van der Waals surface area (Å²) in [5.41, 5.74) is 1.40. The van der Waals surface area contributed by atoms with Gasteiger partial charge in [-0.25, -0.2) is 9.97 Å². The van der Waals surface area contributed by atoms with Crippen molar-refractivity contribution in [2.75, 3.05) is 18.0 Å². The maximum atomic E-state index is 12.3. The first-order valence-electron chi connectivity index (χ1n) is 8.33. The molecule has 5 nitrogen and oxygen atoms in total. The molecule has 0 saturated carbocycles. The average Bonchev–Trinajstić information content (AvgIpc) is 2.90. The summed E-state index contributed by atoms with van der Waals surface area (Å²) in [6.45, 7) is 2.35. The third-order valence-corrected chi connectivity index (χ3v) is 4.38. The number of nitrogens with zero attached hydrogens (tertiary/aromatic N) is 3. The summed E-state index contributed by atoms with van der Waals surface area (Å²) in [5.74, 6) is 0.458. The minimum absolute atomic E-state index is 0.191. The smallest absolute Gasteiger partial charge is 0.270 e. The van der Waals surface area contributed by atoms with Crippen molar-refractivity contribution in [1.29, 1.82) is 0 Å². The van der Waals surface area contributed by atoms with Gasteiger partial charge in [0.25, 0.3) is 5.91 Å². The average molecular weight is 345 g/mol. The van der Waals surface area contributed by atoms with E-state index in [1.165, 1.54) is 12.8 Å². The second kappa shape index (κ2) is 8.11. The number of halogens is 1. The fourth-order valence-corrected chi connectivity index (χ4v) is 2.90. The Hall–Kier alpha value is -2.14. The summed E-state index contributed by atoms with van der Waals surface area (Å²) in [7, 11) is 0. The highest BCUT2D eigenvalue weighted by Crippen LogP contribution is 2.15. The first-order chi connectivity index (χ1) is 11.7. The first kappa shape index (κ1) is 16.7. The van der Waals surface area contributed by atoms with E-state index < -0.39 is 0 Å². The summed E-state index contributed by atoms with van der Waals surface area (Å²) >= 11 is 5.86. The second-order valence-corrected chi connectivity index (χ2v) is 6.39. The number of hydrogen-bond donors (Lipinski definition) is 1. The third kappa shape index (κ3) is 4.45. The number of hydrogen-bond acceptors (Lipinski definition) is 4. The Kier molecular flexibility index (Phi) is 5.64. The van der Waals surface area contributed by atoms with Gasteiger partial charge in [-0.3, -0.25) is 4.79 Å². The molecule has 0 bridgehead atoms. The van der Waals surface area contributed by atoms with E-state index in [-0.39, 0.29) is 5.91 Å². The lowest BCUT2D eigenvalue weighted by Gasteiger charge is -2.20. The van der Waals surface area contributed by atoms with Crippen molar-refractivity contribution in [1.82, 2.24) is 15.3 Å². The van der Waals surface area contributed by atoms with Gasteiger partial charge in [-0.2, -0.15) is 0 Å². The summed E-state index contributed by atoms with van der Waals surface area (Å²) in [4.78, 5) is 23.3. The number of carbonyl (C=O) groups excluding carboxylic acids is 1. The van der Waals surface area contributed by atoms with Gasteiger partial charge in [-0.15, -0.1) is 0 Å². The summed E-state index contributed by atoms with van der Waals surface area (Å²) < 4.78 is 0. The number of benzene rings is 1. The lowest BCUT2D eigenvalue weighted by atomic mass is 10.2. The Morgan fingerprint density at radius 1 is 1.08 bits per heavy atom. The Morgan fingerprint density at radius 3 is 2.50 bits per heavy atom. The largest absolute Gasteiger partial charge is 0.347 e. The highest BCUT2D eigenvalue weighted by Gasteiger charge is 2.15. The van der Waals surface area contributed by atoms with Crippen molar-refractivity contribution >= 4 is 23.5 Å². The van der Waals surface area contributed by atoms with Crippen molar-refractivity contribution in [2.45, 2.75) is 32.2 Å². The molecule has 24 heavy (non-hydrogen) atoms. The molecule has 2 heterocycles. The molecule has 1 aromatic carbocycles. The maximum absolute atomic E-state index is 12.3. The normalized spacial score (nSPS) is 15.0. The third-order valence-electron chi connectivity index (χ3n) is 4.13. The van der Waals surface area contributed by atoms with Gasteiger partial charge < -0.3 is 10.2 Å². The number of anilines is 1. The monoisotopic (exact) mass is 344 g/mol. The summed E-state index contributed by atoms with van der Waals surface area (Å²) in [6.07, 6.45) is 6.45. The number of nitrogens with one attached hydrogen (secondary N) is 1. The van der Waals surface area contributed by atoms with Crippen molar-refractivity contribution < 1.29 is 4.79 Å². The minimum atomic E-state index is -0.191. The highest BCUT2D eigenvalue weighted by molar-refractivity contribution is 6.30. The van der Waals surface area contributed by atoms with Gasteiger partial charge in [0, 0.05) is 30.9 Å². The Labute approximate surface area is 147 Å². The molecule has 0 unspecified atom stereocenters. The van der Waals surface area contributed by atoms with Gasteiger partial charge in [0.1, 0.15) is 5.69 Å². The molecule has 0 aliphatic carbocycles. The number of carbonyl (C=O) groups is 1. The SMILES string of the molecule is O=C(NCc1ccc(Cl)cc1)c1ccnc(N2CCCCCC2)n1. The molecule has 1 saturated heterocycles. The molecule has 1 aliphatic rings. The molecule has 1 aliphatic heterocycles. The van der Waals surface area contributed by atoms with Gasteiger partial charge in [0.05, 0.1) is 0 Å². The van der Waals surface area contributed by atoms with Crippen LogP contribution in [-0.2, 0) is 6.54 Å². The molecule has 1 amide bonds. The van der Waals surface area contributed by atoms with Gasteiger partial charge in [0.2, 0.25) is 5.95 Å². The van der Waals surface area contributed by atoms with Crippen LogP contribution >= 0.6 is 11.6 Å². The lowest BCUT2D eigenvalue weighted by molar-refractivity contribution is 0.0946. The van der Waals surface area contributed by atoms with Crippen LogP contribution in [0.4, 0.5) is 5.95 Å². The van der Waals surface area contributed by atoms with Crippen LogP contribution in [0.3, 0.4) is 0 Å². The van der Waals surface area contributed by atoms with Crippen molar-refractivity contribution in [3.8, 4) is 0 Å². The fourth-order valence-electron chi connectivity index (χ4n) is 2.77. The lowest BCUT2D eigenvalue weighted by Crippen LogP contribution is -2.28.